The van der Waals surface area contributed by atoms with Crippen LogP contribution in [0.5, 0.6) is 0 Å². The first-order valence-corrected chi connectivity index (χ1v) is 10.6. The third-order valence-corrected chi connectivity index (χ3v) is 5.75. The summed E-state index contributed by atoms with van der Waals surface area (Å²) in [6.45, 7) is 7.62. The minimum absolute atomic E-state index is 0.0644. The summed E-state index contributed by atoms with van der Waals surface area (Å²) in [6.07, 6.45) is 6.86. The normalized spacial score (nSPS) is 15.6. The summed E-state index contributed by atoms with van der Waals surface area (Å²) in [5.74, 6) is -0.340. The molecule has 3 aromatic rings. The Hall–Kier alpha value is -2.96. The van der Waals surface area contributed by atoms with Crippen LogP contribution < -0.4 is 16.4 Å². The summed E-state index contributed by atoms with van der Waals surface area (Å²) >= 11 is 0. The molecule has 4 rings (SSSR count). The molecule has 0 aliphatic heterocycles. The predicted molar refractivity (Wildman–Crippen MR) is 117 cm³/mol. The lowest BCUT2D eigenvalue weighted by Gasteiger charge is -2.27. The summed E-state index contributed by atoms with van der Waals surface area (Å²) in [5, 5.41) is 12.2. The van der Waals surface area contributed by atoms with Crippen LogP contribution >= 0.6 is 0 Å². The van der Waals surface area contributed by atoms with E-state index in [1.807, 2.05) is 44.4 Å². The van der Waals surface area contributed by atoms with Crippen molar-refractivity contribution >= 4 is 22.6 Å². The highest BCUT2D eigenvalue weighted by molar-refractivity contribution is 5.97. The number of pyridine rings is 2. The monoisotopic (exact) mass is 407 g/mol. The summed E-state index contributed by atoms with van der Waals surface area (Å²) < 4.78 is 3.36. The summed E-state index contributed by atoms with van der Waals surface area (Å²) in [6, 6.07) is 5.35. The van der Waals surface area contributed by atoms with Crippen LogP contribution in [0.3, 0.4) is 0 Å². The van der Waals surface area contributed by atoms with Crippen LogP contribution in [-0.4, -0.2) is 25.4 Å². The molecule has 1 saturated carbocycles. The number of fused-ring (bicyclic) bond motifs is 2. The molecule has 2 N–H and O–H groups in total. The number of aromatic nitrogens is 3. The quantitative estimate of drug-likeness (QED) is 0.637. The average Bonchev–Trinajstić information content (AvgIpc) is 2.68. The second-order valence-corrected chi connectivity index (χ2v) is 9.31. The molecule has 3 aromatic heterocycles. The fraction of sp³-hybridized carbons (Fsp3) is 0.478. The van der Waals surface area contributed by atoms with Crippen molar-refractivity contribution in [1.82, 2.24) is 19.3 Å². The van der Waals surface area contributed by atoms with Gasteiger partial charge in [0.2, 0.25) is 0 Å². The van der Waals surface area contributed by atoms with E-state index in [4.69, 9.17) is 10.4 Å². The van der Waals surface area contributed by atoms with Gasteiger partial charge in [0.15, 0.2) is 0 Å². The lowest BCUT2D eigenvalue weighted by molar-refractivity contribution is 0.0916. The fourth-order valence-corrected chi connectivity index (χ4v) is 4.33. The molecular weight excluding hydrogens is 378 g/mol. The van der Waals surface area contributed by atoms with Crippen molar-refractivity contribution in [3.63, 3.8) is 0 Å². The molecule has 158 valence electrons. The molecule has 0 atom stereocenters. The molecule has 0 saturated heterocycles. The molecule has 0 unspecified atom stereocenters. The van der Waals surface area contributed by atoms with E-state index in [1.165, 1.54) is 10.8 Å². The van der Waals surface area contributed by atoms with E-state index in [2.05, 4.69) is 5.32 Å². The molecular formula is C23H29N5O2. The Morgan fingerprint density at radius 1 is 1.20 bits per heavy atom. The van der Waals surface area contributed by atoms with Gasteiger partial charge >= 0.3 is 0 Å². The summed E-state index contributed by atoms with van der Waals surface area (Å²) in [4.78, 5) is 31.2. The zero-order valence-corrected chi connectivity index (χ0v) is 18.1. The SMILES string of the molecule is Cc1cccn2c(=O)c3cc(C(=O)NC(C)(C)C)c(=N)n(C4CCCCC4)c3nc12. The van der Waals surface area contributed by atoms with Gasteiger partial charge < -0.3 is 9.88 Å². The minimum atomic E-state index is -0.443. The van der Waals surface area contributed by atoms with Crippen molar-refractivity contribution in [3.05, 3.63) is 51.4 Å². The predicted octanol–water partition coefficient (Wildman–Crippen LogP) is 3.47. The highest BCUT2D eigenvalue weighted by Crippen LogP contribution is 2.29. The summed E-state index contributed by atoms with van der Waals surface area (Å²) in [5.41, 5.74) is 1.67. The van der Waals surface area contributed by atoms with Crippen molar-refractivity contribution in [2.24, 2.45) is 0 Å². The van der Waals surface area contributed by atoms with Crippen molar-refractivity contribution < 1.29 is 4.79 Å². The molecule has 1 aliphatic rings. The smallest absolute Gasteiger partial charge is 0.267 e. The van der Waals surface area contributed by atoms with Gasteiger partial charge in [-0.2, -0.15) is 0 Å². The molecule has 3 heterocycles. The van der Waals surface area contributed by atoms with Gasteiger partial charge in [-0.15, -0.1) is 0 Å². The molecule has 30 heavy (non-hydrogen) atoms. The van der Waals surface area contributed by atoms with Gasteiger partial charge in [-0.1, -0.05) is 25.3 Å². The van der Waals surface area contributed by atoms with Gasteiger partial charge in [0, 0.05) is 17.8 Å². The Kier molecular flexibility index (Phi) is 5.00. The molecule has 0 radical (unpaired) electrons. The zero-order valence-electron chi connectivity index (χ0n) is 18.1. The highest BCUT2D eigenvalue weighted by Gasteiger charge is 2.25. The molecule has 7 nitrogen and oxygen atoms in total. The minimum Gasteiger partial charge on any atom is -0.347 e. The number of nitrogens with one attached hydrogen (secondary N) is 2. The first-order valence-electron chi connectivity index (χ1n) is 10.6. The number of hydrogen-bond acceptors (Lipinski definition) is 4. The first-order chi connectivity index (χ1) is 14.2. The molecule has 0 aromatic carbocycles. The van der Waals surface area contributed by atoms with Gasteiger partial charge in [0.1, 0.15) is 16.8 Å². The van der Waals surface area contributed by atoms with Gasteiger partial charge in [0.25, 0.3) is 11.5 Å². The van der Waals surface area contributed by atoms with E-state index in [-0.39, 0.29) is 28.6 Å². The first kappa shape index (κ1) is 20.3. The number of carbonyl (C=O) groups is 1. The fourth-order valence-electron chi connectivity index (χ4n) is 4.33. The molecule has 1 aliphatic carbocycles. The van der Waals surface area contributed by atoms with Gasteiger partial charge in [0.05, 0.1) is 10.9 Å². The van der Waals surface area contributed by atoms with Crippen LogP contribution in [0.1, 0.15) is 74.8 Å². The Labute approximate surface area is 175 Å². The highest BCUT2D eigenvalue weighted by atomic mass is 16.2. The maximum atomic E-state index is 13.4. The lowest BCUT2D eigenvalue weighted by atomic mass is 9.94. The van der Waals surface area contributed by atoms with Crippen LogP contribution in [0, 0.1) is 12.3 Å². The Balaban J connectivity index is 2.08. The average molecular weight is 408 g/mol. The maximum absolute atomic E-state index is 13.4. The lowest BCUT2D eigenvalue weighted by Crippen LogP contribution is -2.44. The third kappa shape index (κ3) is 3.53. The number of rotatable bonds is 2. The van der Waals surface area contributed by atoms with E-state index in [9.17, 15) is 9.59 Å². The molecule has 0 spiro atoms. The second kappa shape index (κ2) is 7.38. The number of amides is 1. The maximum Gasteiger partial charge on any atom is 0.267 e. The zero-order chi connectivity index (χ0) is 21.6. The van der Waals surface area contributed by atoms with Gasteiger partial charge in [-0.3, -0.25) is 19.4 Å². The van der Waals surface area contributed by atoms with E-state index in [0.717, 1.165) is 31.2 Å². The van der Waals surface area contributed by atoms with Crippen LogP contribution in [0.2, 0.25) is 0 Å². The van der Waals surface area contributed by atoms with Crippen molar-refractivity contribution in [2.45, 2.75) is 71.4 Å². The molecule has 1 fully saturated rings. The van der Waals surface area contributed by atoms with Crippen molar-refractivity contribution in [3.8, 4) is 0 Å². The van der Waals surface area contributed by atoms with E-state index < -0.39 is 5.54 Å². The Morgan fingerprint density at radius 2 is 1.90 bits per heavy atom. The van der Waals surface area contributed by atoms with Crippen molar-refractivity contribution in [1.29, 1.82) is 5.41 Å². The third-order valence-electron chi connectivity index (χ3n) is 5.75. The summed E-state index contributed by atoms with van der Waals surface area (Å²) in [7, 11) is 0. The number of hydrogen-bond donors (Lipinski definition) is 2. The number of carbonyl (C=O) groups excluding carboxylic acids is 1. The van der Waals surface area contributed by atoms with Crippen LogP contribution in [0.15, 0.2) is 29.2 Å². The Bertz CT molecular complexity index is 1260. The van der Waals surface area contributed by atoms with Gasteiger partial charge in [-0.05, 0) is 58.2 Å². The molecule has 0 bridgehead atoms. The van der Waals surface area contributed by atoms with E-state index in [0.29, 0.717) is 16.7 Å². The largest absolute Gasteiger partial charge is 0.347 e. The van der Waals surface area contributed by atoms with Crippen LogP contribution in [0.4, 0.5) is 0 Å². The topological polar surface area (TPSA) is 92.3 Å². The standard InChI is InChI=1S/C23H29N5O2/c1-14-9-8-12-27-19(14)25-20-17(22(27)30)13-16(21(29)26-23(2,3)4)18(24)28(20)15-10-6-5-7-11-15/h8-9,12-13,15,24H,5-7,10-11H2,1-4H3,(H,26,29). The van der Waals surface area contributed by atoms with Crippen molar-refractivity contribution in [2.75, 3.05) is 0 Å². The number of aryl methyl sites for hydroxylation is 1. The second-order valence-electron chi connectivity index (χ2n) is 9.31. The van der Waals surface area contributed by atoms with Crippen LogP contribution in [0.25, 0.3) is 16.7 Å². The van der Waals surface area contributed by atoms with E-state index >= 15 is 0 Å². The van der Waals surface area contributed by atoms with E-state index in [1.54, 1.807) is 12.3 Å². The van der Waals surface area contributed by atoms with Crippen LogP contribution in [-0.2, 0) is 0 Å². The Morgan fingerprint density at radius 3 is 2.57 bits per heavy atom. The number of nitrogens with zero attached hydrogens (tertiary/aromatic N) is 3. The van der Waals surface area contributed by atoms with Gasteiger partial charge in [-0.25, -0.2) is 4.98 Å². The molecule has 7 heteroatoms. The molecule has 1 amide bonds.